The van der Waals surface area contributed by atoms with E-state index in [1.54, 1.807) is 0 Å². The van der Waals surface area contributed by atoms with Crippen molar-refractivity contribution in [3.8, 4) is 33.9 Å². The Balaban J connectivity index is 1.37. The number of aromatic nitrogens is 4. The van der Waals surface area contributed by atoms with Gasteiger partial charge in [0.1, 0.15) is 0 Å². The Morgan fingerprint density at radius 2 is 0.661 bits per heavy atom. The molecule has 14 rings (SSSR count). The van der Waals surface area contributed by atoms with Gasteiger partial charge in [-0.15, -0.1) is 0 Å². The molecule has 286 valence electrons. The van der Waals surface area contributed by atoms with Crippen molar-refractivity contribution in [3.63, 3.8) is 0 Å². The van der Waals surface area contributed by atoms with Gasteiger partial charge in [-0.25, -0.2) is 9.97 Å². The third-order valence-electron chi connectivity index (χ3n) is 13.2. The standard InChI is InChI=1S/C58H34N4/c1-3-17-35(18-4-1)47-33-48(60-58(59-47)36-19-5-2-6-20-36)55-53-41-25-9-7-21-37(41)43-27-15-29-45-39-23-11-13-31-49(39)61(56(43)45)51(53)34-52-54(55)42-26-10-8-22-38(42)44-28-16-30-46-40-24-12-14-32-50(40)62(52)57(44)46/h1-34H. The van der Waals surface area contributed by atoms with Crippen molar-refractivity contribution in [2.24, 2.45) is 0 Å². The lowest BCUT2D eigenvalue weighted by Crippen LogP contribution is -1.98. The fourth-order valence-electron chi connectivity index (χ4n) is 10.7. The molecule has 5 heterocycles. The van der Waals surface area contributed by atoms with Gasteiger partial charge in [-0.05, 0) is 45.8 Å². The van der Waals surface area contributed by atoms with Crippen LogP contribution in [0.1, 0.15) is 0 Å². The van der Waals surface area contributed by atoms with Gasteiger partial charge in [0.2, 0.25) is 0 Å². The second kappa shape index (κ2) is 12.6. The molecule has 0 fully saturated rings. The molecule has 0 amide bonds. The minimum atomic E-state index is 0.686. The van der Waals surface area contributed by atoms with Crippen molar-refractivity contribution in [2.45, 2.75) is 0 Å². The van der Waals surface area contributed by atoms with Gasteiger partial charge in [0.05, 0.1) is 44.5 Å². The normalized spacial score (nSPS) is 12.2. The van der Waals surface area contributed by atoms with Crippen molar-refractivity contribution in [1.82, 2.24) is 18.8 Å². The molecule has 9 aromatic carbocycles. The molecule has 0 saturated heterocycles. The molecule has 0 saturated carbocycles. The fourth-order valence-corrected chi connectivity index (χ4v) is 10.7. The van der Waals surface area contributed by atoms with Crippen LogP contribution in [0.3, 0.4) is 0 Å². The van der Waals surface area contributed by atoms with E-state index in [2.05, 4.69) is 215 Å². The van der Waals surface area contributed by atoms with E-state index in [-0.39, 0.29) is 0 Å². The molecule has 0 aliphatic carbocycles. The summed E-state index contributed by atoms with van der Waals surface area (Å²) in [6.07, 6.45) is 0. The van der Waals surface area contributed by atoms with Crippen LogP contribution in [-0.2, 0) is 0 Å². The summed E-state index contributed by atoms with van der Waals surface area (Å²) in [6.45, 7) is 0. The van der Waals surface area contributed by atoms with Crippen molar-refractivity contribution >= 4 is 97.7 Å². The predicted molar refractivity (Wildman–Crippen MR) is 260 cm³/mol. The van der Waals surface area contributed by atoms with Crippen LogP contribution >= 0.6 is 0 Å². The quantitative estimate of drug-likeness (QED) is 0.179. The van der Waals surface area contributed by atoms with Gasteiger partial charge in [0.15, 0.2) is 5.82 Å². The van der Waals surface area contributed by atoms with E-state index in [0.717, 1.165) is 49.9 Å². The highest BCUT2D eigenvalue weighted by Crippen LogP contribution is 2.48. The van der Waals surface area contributed by atoms with E-state index in [0.29, 0.717) is 5.82 Å². The largest absolute Gasteiger partial charge is 0.308 e. The number of fused-ring (bicyclic) bond motifs is 16. The van der Waals surface area contributed by atoms with Crippen LogP contribution in [-0.4, -0.2) is 18.8 Å². The van der Waals surface area contributed by atoms with Gasteiger partial charge in [0, 0.05) is 59.8 Å². The van der Waals surface area contributed by atoms with Crippen LogP contribution in [0.2, 0.25) is 0 Å². The van der Waals surface area contributed by atoms with Crippen LogP contribution in [0.25, 0.3) is 132 Å². The van der Waals surface area contributed by atoms with Crippen molar-refractivity contribution in [2.75, 3.05) is 0 Å². The van der Waals surface area contributed by atoms with Gasteiger partial charge in [-0.1, -0.05) is 182 Å². The Kier molecular flexibility index (Phi) is 6.80. The molecule has 0 atom stereocenters. The lowest BCUT2D eigenvalue weighted by molar-refractivity contribution is 1.19. The smallest absolute Gasteiger partial charge is 0.160 e. The second-order valence-corrected chi connectivity index (χ2v) is 16.4. The number of hydrogen-bond donors (Lipinski definition) is 0. The SMILES string of the molecule is c1ccc(-c2cc(-c3c4c5ccccc5c5cccc6c7ccccc7n(c4cc4c3c3ccccc3c3cccc7c8ccccc8n4c37)c56)nc(-c3ccccc3)n2)cc1. The van der Waals surface area contributed by atoms with Gasteiger partial charge in [-0.3, -0.25) is 0 Å². The van der Waals surface area contributed by atoms with E-state index in [1.807, 2.05) is 0 Å². The Labute approximate surface area is 355 Å². The number of nitrogens with zero attached hydrogens (tertiary/aromatic N) is 4. The first-order valence-electron chi connectivity index (χ1n) is 21.3. The maximum atomic E-state index is 5.69. The Morgan fingerprint density at radius 3 is 1.18 bits per heavy atom. The summed E-state index contributed by atoms with van der Waals surface area (Å²) >= 11 is 0. The van der Waals surface area contributed by atoms with Gasteiger partial charge in [0.25, 0.3) is 0 Å². The van der Waals surface area contributed by atoms with Gasteiger partial charge in [-0.2, -0.15) is 0 Å². The van der Waals surface area contributed by atoms with E-state index in [1.165, 1.54) is 75.9 Å². The molecule has 0 spiro atoms. The lowest BCUT2D eigenvalue weighted by Gasteiger charge is -2.16. The molecule has 0 aliphatic rings. The van der Waals surface area contributed by atoms with Gasteiger partial charge >= 0.3 is 0 Å². The summed E-state index contributed by atoms with van der Waals surface area (Å²) < 4.78 is 5.09. The third kappa shape index (κ3) is 4.50. The first-order chi connectivity index (χ1) is 30.8. The number of benzene rings is 9. The van der Waals surface area contributed by atoms with Gasteiger partial charge < -0.3 is 8.80 Å². The van der Waals surface area contributed by atoms with Crippen molar-refractivity contribution < 1.29 is 0 Å². The van der Waals surface area contributed by atoms with Crippen LogP contribution < -0.4 is 0 Å². The minimum absolute atomic E-state index is 0.686. The van der Waals surface area contributed by atoms with E-state index < -0.39 is 0 Å². The first kappa shape index (κ1) is 33.5. The topological polar surface area (TPSA) is 34.6 Å². The minimum Gasteiger partial charge on any atom is -0.308 e. The monoisotopic (exact) mass is 786 g/mol. The molecule has 4 nitrogen and oxygen atoms in total. The molecule has 0 unspecified atom stereocenters. The summed E-state index contributed by atoms with van der Waals surface area (Å²) in [7, 11) is 0. The molecule has 5 aromatic heterocycles. The number of para-hydroxylation sites is 4. The lowest BCUT2D eigenvalue weighted by atomic mass is 9.92. The maximum Gasteiger partial charge on any atom is 0.160 e. The summed E-state index contributed by atoms with van der Waals surface area (Å²) in [5.41, 5.74) is 11.8. The number of rotatable bonds is 3. The van der Waals surface area contributed by atoms with Crippen molar-refractivity contribution in [3.05, 3.63) is 206 Å². The molecule has 14 aromatic rings. The highest BCUT2D eigenvalue weighted by molar-refractivity contribution is 6.33. The second-order valence-electron chi connectivity index (χ2n) is 16.4. The van der Waals surface area contributed by atoms with Crippen LogP contribution in [0.4, 0.5) is 0 Å². The average Bonchev–Trinajstić information content (AvgIpc) is 3.78. The van der Waals surface area contributed by atoms with Crippen LogP contribution in [0, 0.1) is 0 Å². The van der Waals surface area contributed by atoms with E-state index >= 15 is 0 Å². The summed E-state index contributed by atoms with van der Waals surface area (Å²) in [5, 5.41) is 14.4. The Morgan fingerprint density at radius 1 is 0.274 bits per heavy atom. The van der Waals surface area contributed by atoms with Crippen molar-refractivity contribution in [1.29, 1.82) is 0 Å². The molecule has 0 radical (unpaired) electrons. The molecule has 62 heavy (non-hydrogen) atoms. The fraction of sp³-hybridized carbons (Fsp3) is 0. The van der Waals surface area contributed by atoms with E-state index in [9.17, 15) is 0 Å². The molecular formula is C58H34N4. The molecule has 0 N–H and O–H groups in total. The number of hydrogen-bond acceptors (Lipinski definition) is 2. The third-order valence-corrected chi connectivity index (χ3v) is 13.2. The predicted octanol–water partition coefficient (Wildman–Crippen LogP) is 15.2. The molecule has 0 aliphatic heterocycles. The van der Waals surface area contributed by atoms with Crippen LogP contribution in [0.5, 0.6) is 0 Å². The molecule has 0 bridgehead atoms. The Bertz CT molecular complexity index is 3930. The van der Waals surface area contributed by atoms with Crippen LogP contribution in [0.15, 0.2) is 206 Å². The Hall–Kier alpha value is -8.34. The summed E-state index contributed by atoms with van der Waals surface area (Å²) in [5.74, 6) is 0.686. The highest BCUT2D eigenvalue weighted by Gasteiger charge is 2.25. The summed E-state index contributed by atoms with van der Waals surface area (Å²) in [4.78, 5) is 11.0. The zero-order valence-electron chi connectivity index (χ0n) is 33.4. The van der Waals surface area contributed by atoms with E-state index in [4.69, 9.17) is 9.97 Å². The maximum absolute atomic E-state index is 5.69. The summed E-state index contributed by atoms with van der Waals surface area (Å²) in [6, 6.07) is 75.0. The molecular weight excluding hydrogens is 753 g/mol. The highest BCUT2D eigenvalue weighted by atomic mass is 14.9. The first-order valence-corrected chi connectivity index (χ1v) is 21.3. The zero-order valence-corrected chi connectivity index (χ0v) is 33.4. The molecule has 4 heteroatoms. The average molecular weight is 787 g/mol. The zero-order chi connectivity index (χ0) is 40.5.